The SMILES string of the molecule is CC1CCCC(O)(CNCc2ccn[nH]2)C1. The van der Waals surface area contributed by atoms with Crippen molar-refractivity contribution in [3.05, 3.63) is 18.0 Å². The number of hydrogen-bond donors (Lipinski definition) is 3. The smallest absolute Gasteiger partial charge is 0.0774 e. The van der Waals surface area contributed by atoms with E-state index in [1.54, 1.807) is 6.20 Å². The molecule has 1 heterocycles. The predicted molar refractivity (Wildman–Crippen MR) is 62.9 cm³/mol. The molecule has 0 spiro atoms. The fourth-order valence-electron chi connectivity index (χ4n) is 2.61. The quantitative estimate of drug-likeness (QED) is 0.724. The molecule has 0 amide bonds. The van der Waals surface area contributed by atoms with Gasteiger partial charge in [0.05, 0.1) is 5.60 Å². The van der Waals surface area contributed by atoms with E-state index >= 15 is 0 Å². The van der Waals surface area contributed by atoms with Crippen LogP contribution in [0.5, 0.6) is 0 Å². The van der Waals surface area contributed by atoms with Gasteiger partial charge in [-0.05, 0) is 24.8 Å². The predicted octanol–water partition coefficient (Wildman–Crippen LogP) is 1.44. The van der Waals surface area contributed by atoms with Crippen molar-refractivity contribution in [3.8, 4) is 0 Å². The average molecular weight is 223 g/mol. The molecule has 1 aliphatic rings. The third-order valence-corrected chi connectivity index (χ3v) is 3.40. The van der Waals surface area contributed by atoms with Crippen molar-refractivity contribution in [1.82, 2.24) is 15.5 Å². The summed E-state index contributed by atoms with van der Waals surface area (Å²) in [5.41, 5.74) is 0.560. The standard InChI is InChI=1S/C12H21N3O/c1-10-3-2-5-12(16,7-10)9-13-8-11-4-6-14-15-11/h4,6,10,13,16H,2-3,5,7-9H2,1H3,(H,14,15). The summed E-state index contributed by atoms with van der Waals surface area (Å²) in [5.74, 6) is 0.646. The lowest BCUT2D eigenvalue weighted by Gasteiger charge is -2.35. The minimum Gasteiger partial charge on any atom is -0.389 e. The normalized spacial score (nSPS) is 30.5. The second-order valence-corrected chi connectivity index (χ2v) is 5.11. The first-order valence-corrected chi connectivity index (χ1v) is 6.09. The third kappa shape index (κ3) is 3.06. The molecule has 0 saturated heterocycles. The van der Waals surface area contributed by atoms with Gasteiger partial charge in [-0.15, -0.1) is 0 Å². The zero-order valence-corrected chi connectivity index (χ0v) is 9.87. The van der Waals surface area contributed by atoms with Crippen LogP contribution in [0.2, 0.25) is 0 Å². The van der Waals surface area contributed by atoms with Crippen LogP contribution in [0, 0.1) is 5.92 Å². The summed E-state index contributed by atoms with van der Waals surface area (Å²) in [6, 6.07) is 1.94. The van der Waals surface area contributed by atoms with Gasteiger partial charge in [0.1, 0.15) is 0 Å². The van der Waals surface area contributed by atoms with E-state index in [9.17, 15) is 5.11 Å². The monoisotopic (exact) mass is 223 g/mol. The fourth-order valence-corrected chi connectivity index (χ4v) is 2.61. The van der Waals surface area contributed by atoms with Gasteiger partial charge in [-0.25, -0.2) is 0 Å². The fraction of sp³-hybridized carbons (Fsp3) is 0.750. The van der Waals surface area contributed by atoms with E-state index in [2.05, 4.69) is 22.4 Å². The number of aromatic nitrogens is 2. The number of rotatable bonds is 4. The van der Waals surface area contributed by atoms with E-state index in [1.165, 1.54) is 6.42 Å². The molecule has 1 aromatic rings. The van der Waals surface area contributed by atoms with Crippen LogP contribution in [-0.4, -0.2) is 27.4 Å². The molecular formula is C12H21N3O. The molecule has 0 bridgehead atoms. The van der Waals surface area contributed by atoms with Crippen molar-refractivity contribution in [2.75, 3.05) is 6.54 Å². The molecule has 0 aliphatic heterocycles. The lowest BCUT2D eigenvalue weighted by molar-refractivity contribution is -0.0119. The molecule has 1 fully saturated rings. The van der Waals surface area contributed by atoms with Gasteiger partial charge in [0.2, 0.25) is 0 Å². The molecule has 4 nitrogen and oxygen atoms in total. The molecule has 1 aliphatic carbocycles. The Morgan fingerprint density at radius 2 is 2.56 bits per heavy atom. The largest absolute Gasteiger partial charge is 0.389 e. The van der Waals surface area contributed by atoms with Gasteiger partial charge in [-0.1, -0.05) is 19.8 Å². The van der Waals surface area contributed by atoms with Gasteiger partial charge in [-0.2, -0.15) is 5.10 Å². The molecule has 4 heteroatoms. The maximum absolute atomic E-state index is 10.4. The van der Waals surface area contributed by atoms with Crippen LogP contribution in [0.3, 0.4) is 0 Å². The molecule has 0 radical (unpaired) electrons. The zero-order chi connectivity index (χ0) is 11.4. The first kappa shape index (κ1) is 11.6. The van der Waals surface area contributed by atoms with E-state index in [0.717, 1.165) is 31.5 Å². The van der Waals surface area contributed by atoms with Crippen molar-refractivity contribution in [3.63, 3.8) is 0 Å². The van der Waals surface area contributed by atoms with Crippen LogP contribution in [0.4, 0.5) is 0 Å². The minimum absolute atomic E-state index is 0.502. The zero-order valence-electron chi connectivity index (χ0n) is 9.87. The van der Waals surface area contributed by atoms with Crippen LogP contribution >= 0.6 is 0 Å². The summed E-state index contributed by atoms with van der Waals surface area (Å²) in [6.45, 7) is 3.64. The van der Waals surface area contributed by atoms with Gasteiger partial charge < -0.3 is 10.4 Å². The highest BCUT2D eigenvalue weighted by Gasteiger charge is 2.31. The van der Waals surface area contributed by atoms with Crippen molar-refractivity contribution < 1.29 is 5.11 Å². The first-order chi connectivity index (χ1) is 7.68. The summed E-state index contributed by atoms with van der Waals surface area (Å²) in [5, 5.41) is 20.5. The van der Waals surface area contributed by atoms with Crippen molar-refractivity contribution in [1.29, 1.82) is 0 Å². The van der Waals surface area contributed by atoms with Crippen LogP contribution in [0.25, 0.3) is 0 Å². The molecule has 2 rings (SSSR count). The lowest BCUT2D eigenvalue weighted by Crippen LogP contribution is -2.43. The van der Waals surface area contributed by atoms with Crippen LogP contribution in [0.1, 0.15) is 38.3 Å². The third-order valence-electron chi connectivity index (χ3n) is 3.40. The van der Waals surface area contributed by atoms with Gasteiger partial charge >= 0.3 is 0 Å². The highest BCUT2D eigenvalue weighted by molar-refractivity contribution is 4.97. The average Bonchev–Trinajstić information content (AvgIpc) is 2.69. The van der Waals surface area contributed by atoms with E-state index < -0.39 is 5.60 Å². The van der Waals surface area contributed by atoms with Crippen molar-refractivity contribution in [2.45, 2.75) is 44.8 Å². The first-order valence-electron chi connectivity index (χ1n) is 6.09. The number of H-pyrrole nitrogens is 1. The van der Waals surface area contributed by atoms with Crippen LogP contribution < -0.4 is 5.32 Å². The number of nitrogens with zero attached hydrogens (tertiary/aromatic N) is 1. The van der Waals surface area contributed by atoms with E-state index in [1.807, 2.05) is 6.07 Å². The highest BCUT2D eigenvalue weighted by Crippen LogP contribution is 2.31. The van der Waals surface area contributed by atoms with Gasteiger partial charge in [0.25, 0.3) is 0 Å². The Kier molecular flexibility index (Phi) is 3.61. The van der Waals surface area contributed by atoms with Crippen molar-refractivity contribution in [2.24, 2.45) is 5.92 Å². The van der Waals surface area contributed by atoms with E-state index in [4.69, 9.17) is 0 Å². The molecule has 1 aromatic heterocycles. The summed E-state index contributed by atoms with van der Waals surface area (Å²) in [4.78, 5) is 0. The Hall–Kier alpha value is -0.870. The van der Waals surface area contributed by atoms with Gasteiger partial charge in [0, 0.05) is 25.0 Å². The Labute approximate surface area is 96.5 Å². The summed E-state index contributed by atoms with van der Waals surface area (Å²) < 4.78 is 0. The maximum atomic E-state index is 10.4. The highest BCUT2D eigenvalue weighted by atomic mass is 16.3. The molecule has 0 aromatic carbocycles. The molecule has 2 atom stereocenters. The summed E-state index contributed by atoms with van der Waals surface area (Å²) in [7, 11) is 0. The number of hydrogen-bond acceptors (Lipinski definition) is 3. The van der Waals surface area contributed by atoms with Crippen LogP contribution in [-0.2, 0) is 6.54 Å². The number of aromatic amines is 1. The Morgan fingerprint density at radius 1 is 1.69 bits per heavy atom. The van der Waals surface area contributed by atoms with E-state index in [-0.39, 0.29) is 0 Å². The molecule has 1 saturated carbocycles. The Balaban J connectivity index is 1.76. The Bertz CT molecular complexity index is 312. The second-order valence-electron chi connectivity index (χ2n) is 5.11. The van der Waals surface area contributed by atoms with Gasteiger partial charge in [-0.3, -0.25) is 5.10 Å². The van der Waals surface area contributed by atoms with Crippen LogP contribution in [0.15, 0.2) is 12.3 Å². The van der Waals surface area contributed by atoms with E-state index in [0.29, 0.717) is 12.5 Å². The second kappa shape index (κ2) is 4.97. The number of aliphatic hydroxyl groups is 1. The Morgan fingerprint density at radius 3 is 3.25 bits per heavy atom. The molecule has 90 valence electrons. The molecule has 3 N–H and O–H groups in total. The maximum Gasteiger partial charge on any atom is 0.0774 e. The topological polar surface area (TPSA) is 60.9 Å². The molecule has 16 heavy (non-hydrogen) atoms. The molecule has 2 unspecified atom stereocenters. The van der Waals surface area contributed by atoms with Crippen molar-refractivity contribution >= 4 is 0 Å². The number of nitrogens with one attached hydrogen (secondary N) is 2. The molecular weight excluding hydrogens is 202 g/mol. The summed E-state index contributed by atoms with van der Waals surface area (Å²) in [6.07, 6.45) is 5.98. The minimum atomic E-state index is -0.502. The lowest BCUT2D eigenvalue weighted by atomic mass is 9.79. The van der Waals surface area contributed by atoms with Gasteiger partial charge in [0.15, 0.2) is 0 Å². The summed E-state index contributed by atoms with van der Waals surface area (Å²) >= 11 is 0.